The maximum Gasteiger partial charge on any atom is 0.0745 e. The van der Waals surface area contributed by atoms with E-state index in [1.807, 2.05) is 6.20 Å². The van der Waals surface area contributed by atoms with E-state index in [9.17, 15) is 0 Å². The van der Waals surface area contributed by atoms with Crippen molar-refractivity contribution >= 4 is 22.0 Å². The van der Waals surface area contributed by atoms with Gasteiger partial charge in [-0.05, 0) is 63.9 Å². The van der Waals surface area contributed by atoms with Crippen LogP contribution in [0.25, 0.3) is 22.0 Å². The average molecular weight is 411 g/mol. The number of aryl methyl sites for hydroxylation is 1. The van der Waals surface area contributed by atoms with Crippen LogP contribution in [0, 0.1) is 0 Å². The number of allylic oxidation sites excluding steroid dienone is 2. The molecule has 0 amide bonds. The zero-order valence-corrected chi connectivity index (χ0v) is 17.7. The highest BCUT2D eigenvalue weighted by atomic mass is 14.8. The first-order valence-corrected chi connectivity index (χ1v) is 11.3. The van der Waals surface area contributed by atoms with E-state index in [0.29, 0.717) is 0 Å². The molecule has 0 radical (unpaired) electrons. The monoisotopic (exact) mass is 410 g/mol. The molecule has 2 aliphatic rings. The second kappa shape index (κ2) is 6.54. The Morgan fingerprint density at radius 3 is 2.38 bits per heavy atom. The van der Waals surface area contributed by atoms with Crippen molar-refractivity contribution in [1.82, 2.24) is 9.97 Å². The van der Waals surface area contributed by atoms with Crippen molar-refractivity contribution in [2.75, 3.05) is 0 Å². The van der Waals surface area contributed by atoms with Crippen LogP contribution in [-0.2, 0) is 11.8 Å². The molecule has 1 unspecified atom stereocenters. The van der Waals surface area contributed by atoms with E-state index in [4.69, 9.17) is 0 Å². The number of benzene rings is 3. The Labute approximate surface area is 187 Å². The molecule has 0 fully saturated rings. The SMILES string of the molecule is c1ccc(C2(c3cccnc3)C3=C(CCc4c3[nH]c3ccccc43)c3ccccc32)cc1. The number of hydrogen-bond acceptors (Lipinski definition) is 1. The molecule has 0 saturated carbocycles. The van der Waals surface area contributed by atoms with E-state index in [1.165, 1.54) is 55.6 Å². The van der Waals surface area contributed by atoms with Crippen molar-refractivity contribution in [2.45, 2.75) is 18.3 Å². The first-order valence-electron chi connectivity index (χ1n) is 11.3. The van der Waals surface area contributed by atoms with Crippen LogP contribution in [0.2, 0.25) is 0 Å². The minimum Gasteiger partial charge on any atom is -0.355 e. The van der Waals surface area contributed by atoms with Crippen molar-refractivity contribution in [3.05, 3.63) is 137 Å². The van der Waals surface area contributed by atoms with Crippen LogP contribution < -0.4 is 0 Å². The average Bonchev–Trinajstić information content (AvgIpc) is 3.39. The summed E-state index contributed by atoms with van der Waals surface area (Å²) in [5.74, 6) is 0. The van der Waals surface area contributed by atoms with Gasteiger partial charge in [0, 0.05) is 29.0 Å². The predicted octanol–water partition coefficient (Wildman–Crippen LogP) is 6.77. The summed E-state index contributed by atoms with van der Waals surface area (Å²) in [5, 5.41) is 1.35. The largest absolute Gasteiger partial charge is 0.355 e. The number of H-pyrrole nitrogens is 1. The Morgan fingerprint density at radius 1 is 0.719 bits per heavy atom. The number of aromatic amines is 1. The van der Waals surface area contributed by atoms with Crippen LogP contribution in [0.15, 0.2) is 103 Å². The third-order valence-corrected chi connectivity index (χ3v) is 7.32. The normalized spacial score (nSPS) is 19.0. The fourth-order valence-electron chi connectivity index (χ4n) is 6.13. The van der Waals surface area contributed by atoms with Crippen molar-refractivity contribution in [1.29, 1.82) is 0 Å². The second-order valence-corrected chi connectivity index (χ2v) is 8.78. The van der Waals surface area contributed by atoms with Crippen molar-refractivity contribution < 1.29 is 0 Å². The Kier molecular flexibility index (Phi) is 3.63. The fourth-order valence-corrected chi connectivity index (χ4v) is 6.13. The number of para-hydroxylation sites is 1. The lowest BCUT2D eigenvalue weighted by Gasteiger charge is -2.36. The van der Waals surface area contributed by atoms with Crippen LogP contribution in [0.3, 0.4) is 0 Å². The van der Waals surface area contributed by atoms with Gasteiger partial charge in [0.2, 0.25) is 0 Å². The summed E-state index contributed by atoms with van der Waals surface area (Å²) in [6, 6.07) is 33.0. The van der Waals surface area contributed by atoms with Crippen molar-refractivity contribution in [2.24, 2.45) is 0 Å². The molecule has 0 aliphatic heterocycles. The van der Waals surface area contributed by atoms with Gasteiger partial charge in [-0.25, -0.2) is 0 Å². The molecule has 2 nitrogen and oxygen atoms in total. The van der Waals surface area contributed by atoms with E-state index in [-0.39, 0.29) is 0 Å². The zero-order valence-electron chi connectivity index (χ0n) is 17.7. The third-order valence-electron chi connectivity index (χ3n) is 7.32. The summed E-state index contributed by atoms with van der Waals surface area (Å²) >= 11 is 0. The molecule has 1 N–H and O–H groups in total. The number of nitrogens with one attached hydrogen (secondary N) is 1. The number of hydrogen-bond donors (Lipinski definition) is 1. The van der Waals surface area contributed by atoms with E-state index in [2.05, 4.69) is 107 Å². The molecule has 0 bridgehead atoms. The summed E-state index contributed by atoms with van der Waals surface area (Å²) in [6.45, 7) is 0. The number of fused-ring (bicyclic) bond motifs is 6. The number of rotatable bonds is 2. The smallest absolute Gasteiger partial charge is 0.0745 e. The van der Waals surface area contributed by atoms with E-state index < -0.39 is 5.41 Å². The molecular weight excluding hydrogens is 388 g/mol. The zero-order chi connectivity index (χ0) is 21.1. The number of nitrogens with zero attached hydrogens (tertiary/aromatic N) is 1. The van der Waals surface area contributed by atoms with E-state index in [0.717, 1.165) is 12.8 Å². The minimum atomic E-state index is -0.391. The highest BCUT2D eigenvalue weighted by Crippen LogP contribution is 2.61. The molecule has 5 aromatic rings. The van der Waals surface area contributed by atoms with E-state index in [1.54, 1.807) is 0 Å². The fraction of sp³-hybridized carbons (Fsp3) is 0.100. The summed E-state index contributed by atoms with van der Waals surface area (Å²) in [7, 11) is 0. The standard InChI is InChI=1S/C30H22N2/c1-2-9-20(10-3-1)30(21-11-8-18-31-19-21)26-14-6-4-12-22(26)24-16-17-25-23-13-5-7-15-27(23)32-29(25)28(24)30/h1-15,18-19,32H,16-17H2. The number of aromatic nitrogens is 2. The maximum atomic E-state index is 4.58. The van der Waals surface area contributed by atoms with Gasteiger partial charge in [-0.3, -0.25) is 4.98 Å². The Morgan fingerprint density at radius 2 is 1.50 bits per heavy atom. The summed E-state index contributed by atoms with van der Waals surface area (Å²) in [6.07, 6.45) is 6.03. The Bertz CT molecular complexity index is 1470. The van der Waals surface area contributed by atoms with Crippen molar-refractivity contribution in [3.63, 3.8) is 0 Å². The highest BCUT2D eigenvalue weighted by molar-refractivity contribution is 6.09. The maximum absolute atomic E-state index is 4.58. The quantitative estimate of drug-likeness (QED) is 0.342. The lowest BCUT2D eigenvalue weighted by atomic mass is 9.65. The molecule has 7 rings (SSSR count). The topological polar surface area (TPSA) is 28.7 Å². The van der Waals surface area contributed by atoms with Gasteiger partial charge in [-0.15, -0.1) is 0 Å². The first kappa shape index (κ1) is 17.7. The van der Waals surface area contributed by atoms with E-state index >= 15 is 0 Å². The van der Waals surface area contributed by atoms with Crippen LogP contribution in [0.5, 0.6) is 0 Å². The summed E-state index contributed by atoms with van der Waals surface area (Å²) in [4.78, 5) is 8.41. The second-order valence-electron chi connectivity index (χ2n) is 8.78. The predicted molar refractivity (Wildman–Crippen MR) is 130 cm³/mol. The van der Waals surface area contributed by atoms with Gasteiger partial charge in [0.15, 0.2) is 0 Å². The molecule has 2 aliphatic carbocycles. The van der Waals surface area contributed by atoms with Gasteiger partial charge in [-0.2, -0.15) is 0 Å². The molecule has 0 spiro atoms. The van der Waals surface area contributed by atoms with Crippen LogP contribution >= 0.6 is 0 Å². The molecule has 0 saturated heterocycles. The molecule has 32 heavy (non-hydrogen) atoms. The third kappa shape index (κ3) is 2.17. The molecule has 2 aromatic heterocycles. The summed E-state index contributed by atoms with van der Waals surface area (Å²) in [5.41, 5.74) is 11.7. The van der Waals surface area contributed by atoms with Crippen LogP contribution in [0.4, 0.5) is 0 Å². The first-order chi connectivity index (χ1) is 15.9. The minimum absolute atomic E-state index is 0.391. The molecule has 2 heteroatoms. The van der Waals surface area contributed by atoms with Crippen LogP contribution in [-0.4, -0.2) is 9.97 Å². The lowest BCUT2D eigenvalue weighted by Crippen LogP contribution is -2.30. The molecule has 1 atom stereocenters. The number of pyridine rings is 1. The Hall–Kier alpha value is -3.91. The molecule has 152 valence electrons. The van der Waals surface area contributed by atoms with Gasteiger partial charge in [0.25, 0.3) is 0 Å². The van der Waals surface area contributed by atoms with Gasteiger partial charge in [0.1, 0.15) is 0 Å². The molecule has 3 aromatic carbocycles. The van der Waals surface area contributed by atoms with Gasteiger partial charge >= 0.3 is 0 Å². The Balaban J connectivity index is 1.67. The van der Waals surface area contributed by atoms with Crippen molar-refractivity contribution in [3.8, 4) is 0 Å². The molecule has 2 heterocycles. The summed E-state index contributed by atoms with van der Waals surface area (Å²) < 4.78 is 0. The highest BCUT2D eigenvalue weighted by Gasteiger charge is 2.50. The molecular formula is C30H22N2. The van der Waals surface area contributed by atoms with Gasteiger partial charge < -0.3 is 4.98 Å². The van der Waals surface area contributed by atoms with Gasteiger partial charge in [-0.1, -0.05) is 78.9 Å². The lowest BCUT2D eigenvalue weighted by molar-refractivity contribution is 0.798. The van der Waals surface area contributed by atoms with Gasteiger partial charge in [0.05, 0.1) is 5.41 Å². The van der Waals surface area contributed by atoms with Crippen LogP contribution in [0.1, 0.15) is 39.9 Å².